The van der Waals surface area contributed by atoms with Crippen molar-refractivity contribution in [3.8, 4) is 0 Å². The molecule has 2 heterocycles. The second-order valence-electron chi connectivity index (χ2n) is 11.0. The number of ether oxygens (including phenoxy) is 3. The van der Waals surface area contributed by atoms with Gasteiger partial charge in [0.2, 0.25) is 0 Å². The van der Waals surface area contributed by atoms with E-state index >= 15 is 0 Å². The van der Waals surface area contributed by atoms with E-state index in [2.05, 4.69) is 13.8 Å². The molecule has 0 aromatic rings. The number of carbonyl (C=O) groups is 3. The molecular weight excluding hydrogens is 384 g/mol. The number of rotatable bonds is 1. The van der Waals surface area contributed by atoms with Gasteiger partial charge in [-0.3, -0.25) is 14.4 Å². The van der Waals surface area contributed by atoms with Gasteiger partial charge < -0.3 is 14.2 Å². The molecule has 0 aromatic carbocycles. The molecule has 2 saturated heterocycles. The second-order valence-corrected chi connectivity index (χ2v) is 11.0. The van der Waals surface area contributed by atoms with Crippen molar-refractivity contribution in [3.05, 3.63) is 11.6 Å². The Morgan fingerprint density at radius 3 is 2.67 bits per heavy atom. The lowest BCUT2D eigenvalue weighted by atomic mass is 9.43. The SMILES string of the molecule is COC(=O)[C@H]1CC2=CC(=O)CC[C@]2(C)C23O[C@@H]2C[C@@]2(C)[C@@H](CC[C@@]24CCC(=O)O4)[C@H]13. The van der Waals surface area contributed by atoms with E-state index in [1.165, 1.54) is 7.11 Å². The highest BCUT2D eigenvalue weighted by Gasteiger charge is 2.83. The summed E-state index contributed by atoms with van der Waals surface area (Å²) < 4.78 is 17.9. The predicted molar refractivity (Wildman–Crippen MR) is 105 cm³/mol. The van der Waals surface area contributed by atoms with Crippen molar-refractivity contribution in [1.29, 1.82) is 0 Å². The average Bonchev–Trinajstić information content (AvgIpc) is 3.20. The molecule has 30 heavy (non-hydrogen) atoms. The van der Waals surface area contributed by atoms with Gasteiger partial charge in [-0.1, -0.05) is 19.4 Å². The summed E-state index contributed by atoms with van der Waals surface area (Å²) in [6, 6.07) is 0. The highest BCUT2D eigenvalue weighted by Crippen LogP contribution is 2.78. The van der Waals surface area contributed by atoms with Gasteiger partial charge in [0, 0.05) is 29.6 Å². The van der Waals surface area contributed by atoms with Crippen molar-refractivity contribution >= 4 is 17.7 Å². The molecule has 4 aliphatic carbocycles. The Bertz CT molecular complexity index is 907. The minimum atomic E-state index is -0.424. The molecule has 6 heteroatoms. The molecule has 0 aromatic heterocycles. The van der Waals surface area contributed by atoms with Crippen LogP contribution in [0.2, 0.25) is 0 Å². The average molecular weight is 414 g/mol. The summed E-state index contributed by atoms with van der Waals surface area (Å²) >= 11 is 0. The van der Waals surface area contributed by atoms with E-state index in [0.29, 0.717) is 19.3 Å². The van der Waals surface area contributed by atoms with E-state index < -0.39 is 11.2 Å². The number of ketones is 1. The topological polar surface area (TPSA) is 82.2 Å². The summed E-state index contributed by atoms with van der Waals surface area (Å²) in [5, 5.41) is 0. The Hall–Kier alpha value is -1.69. The molecule has 1 unspecified atom stereocenters. The van der Waals surface area contributed by atoms with Gasteiger partial charge >= 0.3 is 11.9 Å². The summed E-state index contributed by atoms with van der Waals surface area (Å²) in [5.41, 5.74) is -0.175. The van der Waals surface area contributed by atoms with Gasteiger partial charge in [0.05, 0.1) is 19.1 Å². The third-order valence-corrected chi connectivity index (χ3v) is 10.2. The zero-order valence-corrected chi connectivity index (χ0v) is 18.0. The number of epoxide rings is 1. The minimum Gasteiger partial charge on any atom is -0.469 e. The van der Waals surface area contributed by atoms with Crippen molar-refractivity contribution in [2.45, 2.75) is 82.5 Å². The second kappa shape index (κ2) is 5.56. The smallest absolute Gasteiger partial charge is 0.309 e. The van der Waals surface area contributed by atoms with E-state index in [4.69, 9.17) is 14.2 Å². The van der Waals surface area contributed by atoms with Crippen molar-refractivity contribution < 1.29 is 28.6 Å². The van der Waals surface area contributed by atoms with Crippen molar-refractivity contribution in [2.75, 3.05) is 7.11 Å². The normalized spacial score (nSPS) is 53.2. The molecule has 2 spiro atoms. The quantitative estimate of drug-likeness (QED) is 0.484. The molecule has 0 amide bonds. The molecule has 3 saturated carbocycles. The zero-order chi connectivity index (χ0) is 21.1. The van der Waals surface area contributed by atoms with Crippen molar-refractivity contribution in [3.63, 3.8) is 0 Å². The van der Waals surface area contributed by atoms with Crippen LogP contribution in [-0.2, 0) is 28.6 Å². The van der Waals surface area contributed by atoms with Gasteiger partial charge in [-0.2, -0.15) is 0 Å². The number of hydrogen-bond donors (Lipinski definition) is 0. The van der Waals surface area contributed by atoms with Crippen molar-refractivity contribution in [2.24, 2.45) is 28.6 Å². The number of hydrogen-bond acceptors (Lipinski definition) is 6. The van der Waals surface area contributed by atoms with Crippen LogP contribution in [0.1, 0.15) is 65.2 Å². The van der Waals surface area contributed by atoms with E-state index in [1.54, 1.807) is 6.08 Å². The fourth-order valence-corrected chi connectivity index (χ4v) is 8.69. The molecular formula is C24H30O6. The van der Waals surface area contributed by atoms with Gasteiger partial charge in [0.1, 0.15) is 11.2 Å². The fourth-order valence-electron chi connectivity index (χ4n) is 8.69. The van der Waals surface area contributed by atoms with Crippen LogP contribution in [0.25, 0.3) is 0 Å². The van der Waals surface area contributed by atoms with Crippen LogP contribution in [0.15, 0.2) is 11.6 Å². The van der Waals surface area contributed by atoms with Crippen LogP contribution >= 0.6 is 0 Å². The molecule has 2 aliphatic heterocycles. The van der Waals surface area contributed by atoms with Gasteiger partial charge in [0.15, 0.2) is 5.78 Å². The van der Waals surface area contributed by atoms with Gasteiger partial charge in [-0.25, -0.2) is 0 Å². The number of fused-ring (bicyclic) bond motifs is 4. The molecule has 0 N–H and O–H groups in total. The van der Waals surface area contributed by atoms with Gasteiger partial charge in [-0.15, -0.1) is 0 Å². The van der Waals surface area contributed by atoms with Crippen LogP contribution in [0, 0.1) is 28.6 Å². The summed E-state index contributed by atoms with van der Waals surface area (Å²) in [6.45, 7) is 4.51. The maximum Gasteiger partial charge on any atom is 0.309 e. The predicted octanol–water partition coefficient (Wildman–Crippen LogP) is 3.12. The highest BCUT2D eigenvalue weighted by atomic mass is 16.6. The lowest BCUT2D eigenvalue weighted by Gasteiger charge is -2.58. The van der Waals surface area contributed by atoms with Gasteiger partial charge in [-0.05, 0) is 50.5 Å². The molecule has 6 rings (SSSR count). The van der Waals surface area contributed by atoms with Crippen LogP contribution in [0.5, 0.6) is 0 Å². The molecule has 6 aliphatic rings. The first-order valence-electron chi connectivity index (χ1n) is 11.4. The number of esters is 2. The maximum absolute atomic E-state index is 13.0. The van der Waals surface area contributed by atoms with Gasteiger partial charge in [0.25, 0.3) is 0 Å². The van der Waals surface area contributed by atoms with Crippen molar-refractivity contribution in [1.82, 2.24) is 0 Å². The monoisotopic (exact) mass is 414 g/mol. The first-order chi connectivity index (χ1) is 14.2. The standard InChI is InChI=1S/C24H30O6/c1-21-7-4-14(25)10-13(21)11-15(20(27)28-3)19-16-5-8-23(9-6-18(26)30-23)22(16,2)12-17-24(19,21)29-17/h10,15-17,19H,4-9,11-12H2,1-3H3/t15-,16-,17+,19-,21-,22-,23+,24?/m0/s1. The molecule has 162 valence electrons. The Morgan fingerprint density at radius 2 is 1.97 bits per heavy atom. The lowest BCUT2D eigenvalue weighted by molar-refractivity contribution is -0.172. The first kappa shape index (κ1) is 19.0. The molecule has 8 atom stereocenters. The molecule has 0 radical (unpaired) electrons. The fraction of sp³-hybridized carbons (Fsp3) is 0.792. The third kappa shape index (κ3) is 1.94. The number of carbonyl (C=O) groups excluding carboxylic acids is 3. The zero-order valence-electron chi connectivity index (χ0n) is 18.0. The summed E-state index contributed by atoms with van der Waals surface area (Å²) in [4.78, 5) is 37.4. The Morgan fingerprint density at radius 1 is 1.17 bits per heavy atom. The largest absolute Gasteiger partial charge is 0.469 e. The molecule has 6 nitrogen and oxygen atoms in total. The number of methoxy groups -OCH3 is 1. The minimum absolute atomic E-state index is 0.0303. The highest BCUT2D eigenvalue weighted by molar-refractivity contribution is 5.92. The van der Waals surface area contributed by atoms with Crippen LogP contribution in [0.4, 0.5) is 0 Å². The van der Waals surface area contributed by atoms with E-state index in [0.717, 1.165) is 37.7 Å². The Balaban J connectivity index is 1.49. The summed E-state index contributed by atoms with van der Waals surface area (Å²) in [7, 11) is 1.45. The van der Waals surface area contributed by atoms with Crippen LogP contribution in [-0.4, -0.2) is 42.1 Å². The molecule has 0 bridgehead atoms. The lowest BCUT2D eigenvalue weighted by Crippen LogP contribution is -2.63. The Kier molecular flexibility index (Phi) is 3.53. The van der Waals surface area contributed by atoms with E-state index in [-0.39, 0.29) is 52.4 Å². The molecule has 5 fully saturated rings. The summed E-state index contributed by atoms with van der Waals surface area (Å²) in [6.07, 6.45) is 7.61. The van der Waals surface area contributed by atoms with E-state index in [1.807, 2.05) is 0 Å². The van der Waals surface area contributed by atoms with E-state index in [9.17, 15) is 14.4 Å². The Labute approximate surface area is 176 Å². The maximum atomic E-state index is 13.0. The van der Waals surface area contributed by atoms with Crippen LogP contribution < -0.4 is 0 Å². The first-order valence-corrected chi connectivity index (χ1v) is 11.4. The summed E-state index contributed by atoms with van der Waals surface area (Å²) in [5.74, 6) is -0.201. The van der Waals surface area contributed by atoms with Crippen LogP contribution in [0.3, 0.4) is 0 Å². The third-order valence-electron chi connectivity index (χ3n) is 10.2.